The Hall–Kier alpha value is -1.42. The van der Waals surface area contributed by atoms with E-state index in [0.717, 1.165) is 23.4 Å². The van der Waals surface area contributed by atoms with E-state index in [0.29, 0.717) is 0 Å². The number of aromatic nitrogens is 2. The number of nitrogens with zero attached hydrogens (tertiary/aromatic N) is 2. The Morgan fingerprint density at radius 3 is 2.89 bits per heavy atom. The summed E-state index contributed by atoms with van der Waals surface area (Å²) in [5.74, 6) is 0.920. The van der Waals surface area contributed by atoms with Gasteiger partial charge >= 0.3 is 0 Å². The van der Waals surface area contributed by atoms with E-state index in [4.69, 9.17) is 4.63 Å². The van der Waals surface area contributed by atoms with E-state index in [9.17, 15) is 0 Å². The quantitative estimate of drug-likeness (QED) is 0.899. The molecule has 0 aliphatic carbocycles. The first kappa shape index (κ1) is 11.7. The van der Waals surface area contributed by atoms with Crippen molar-refractivity contribution < 1.29 is 4.63 Å². The maximum Gasteiger partial charge on any atom is 0.135 e. The Balaban J connectivity index is 1.52. The number of benzene rings is 1. The summed E-state index contributed by atoms with van der Waals surface area (Å²) in [5, 5.41) is 11.1. The Bertz CT molecular complexity index is 502. The third-order valence-electron chi connectivity index (χ3n) is 3.85. The van der Waals surface area contributed by atoms with Crippen molar-refractivity contribution in [3.05, 3.63) is 23.8 Å². The fraction of sp³-hybridized carbons (Fsp3) is 0.571. The number of fused-ring (bicyclic) bond motifs is 1. The van der Waals surface area contributed by atoms with Crippen molar-refractivity contribution in [1.29, 1.82) is 0 Å². The van der Waals surface area contributed by atoms with Crippen LogP contribution in [0.1, 0.15) is 31.2 Å². The van der Waals surface area contributed by atoms with Crippen LogP contribution in [0.5, 0.6) is 0 Å². The molecule has 1 aliphatic rings. The van der Waals surface area contributed by atoms with E-state index >= 15 is 0 Å². The van der Waals surface area contributed by atoms with Crippen LogP contribution in [-0.4, -0.2) is 23.4 Å². The predicted octanol–water partition coefficient (Wildman–Crippen LogP) is 2.55. The van der Waals surface area contributed by atoms with Gasteiger partial charge in [-0.2, -0.15) is 0 Å². The standard InChI is InChI=1S/C14H19N3O/c1(2-11-6-8-15-9-7-11)3-12-4-5-13-14(10-12)17-18-16-13/h4-5,10-11,15H,1-3,6-9H2. The molecule has 96 valence electrons. The second-order valence-electron chi connectivity index (χ2n) is 5.17. The SMILES string of the molecule is c1cc2nonc2cc1CCCC1CCNCC1. The highest BCUT2D eigenvalue weighted by Crippen LogP contribution is 2.20. The number of hydrogen-bond donors (Lipinski definition) is 1. The molecule has 0 spiro atoms. The fourth-order valence-electron chi connectivity index (χ4n) is 2.75. The van der Waals surface area contributed by atoms with Crippen molar-refractivity contribution in [3.8, 4) is 0 Å². The van der Waals surface area contributed by atoms with E-state index in [1.165, 1.54) is 44.3 Å². The second-order valence-corrected chi connectivity index (χ2v) is 5.17. The molecule has 0 unspecified atom stereocenters. The van der Waals surface area contributed by atoms with Gasteiger partial charge in [0.05, 0.1) is 0 Å². The normalized spacial score (nSPS) is 17.3. The van der Waals surface area contributed by atoms with Gasteiger partial charge in [-0.3, -0.25) is 0 Å². The van der Waals surface area contributed by atoms with Crippen LogP contribution in [0.4, 0.5) is 0 Å². The highest BCUT2D eigenvalue weighted by atomic mass is 16.6. The summed E-state index contributed by atoms with van der Waals surface area (Å²) >= 11 is 0. The van der Waals surface area contributed by atoms with Crippen molar-refractivity contribution in [2.75, 3.05) is 13.1 Å². The van der Waals surface area contributed by atoms with Gasteiger partial charge in [-0.15, -0.1) is 0 Å². The van der Waals surface area contributed by atoms with Crippen LogP contribution in [0, 0.1) is 5.92 Å². The average molecular weight is 245 g/mol. The van der Waals surface area contributed by atoms with Crippen molar-refractivity contribution >= 4 is 11.0 Å². The van der Waals surface area contributed by atoms with Crippen molar-refractivity contribution in [1.82, 2.24) is 15.6 Å². The molecular weight excluding hydrogens is 226 g/mol. The molecule has 1 aliphatic heterocycles. The molecule has 0 saturated carbocycles. The minimum atomic E-state index is 0.845. The van der Waals surface area contributed by atoms with Crippen LogP contribution >= 0.6 is 0 Å². The number of rotatable bonds is 4. The highest BCUT2D eigenvalue weighted by Gasteiger charge is 2.12. The first-order valence-electron chi connectivity index (χ1n) is 6.84. The van der Waals surface area contributed by atoms with Crippen molar-refractivity contribution in [2.24, 2.45) is 5.92 Å². The molecule has 3 rings (SSSR count). The molecular formula is C14H19N3O. The van der Waals surface area contributed by atoms with Gasteiger partial charge < -0.3 is 5.32 Å². The maximum absolute atomic E-state index is 4.71. The second kappa shape index (κ2) is 5.48. The zero-order chi connectivity index (χ0) is 12.2. The predicted molar refractivity (Wildman–Crippen MR) is 70.3 cm³/mol. The smallest absolute Gasteiger partial charge is 0.135 e. The van der Waals surface area contributed by atoms with E-state index in [-0.39, 0.29) is 0 Å². The van der Waals surface area contributed by atoms with Gasteiger partial charge in [-0.1, -0.05) is 12.5 Å². The molecule has 18 heavy (non-hydrogen) atoms. The van der Waals surface area contributed by atoms with Crippen LogP contribution in [0.2, 0.25) is 0 Å². The summed E-state index contributed by atoms with van der Waals surface area (Å²) in [6.45, 7) is 2.39. The van der Waals surface area contributed by atoms with E-state index < -0.39 is 0 Å². The number of nitrogens with one attached hydrogen (secondary N) is 1. The number of piperidine rings is 1. The lowest BCUT2D eigenvalue weighted by Crippen LogP contribution is -2.27. The van der Waals surface area contributed by atoms with Crippen molar-refractivity contribution in [3.63, 3.8) is 0 Å². The van der Waals surface area contributed by atoms with Gasteiger partial charge in [0.2, 0.25) is 0 Å². The Labute approximate surface area is 107 Å². The minimum absolute atomic E-state index is 0.845. The highest BCUT2D eigenvalue weighted by molar-refractivity contribution is 5.73. The minimum Gasteiger partial charge on any atom is -0.317 e. The third kappa shape index (κ3) is 2.70. The molecule has 4 heteroatoms. The van der Waals surface area contributed by atoms with Crippen LogP contribution in [0.3, 0.4) is 0 Å². The summed E-state index contributed by atoms with van der Waals surface area (Å²) in [5.41, 5.74) is 3.05. The lowest BCUT2D eigenvalue weighted by atomic mass is 9.91. The molecule has 0 atom stereocenters. The molecule has 0 radical (unpaired) electrons. The monoisotopic (exact) mass is 245 g/mol. The number of hydrogen-bond acceptors (Lipinski definition) is 4. The first-order valence-corrected chi connectivity index (χ1v) is 6.84. The molecule has 1 aromatic heterocycles. The third-order valence-corrected chi connectivity index (χ3v) is 3.85. The summed E-state index contributed by atoms with van der Waals surface area (Å²) in [6, 6.07) is 6.22. The van der Waals surface area contributed by atoms with E-state index in [2.05, 4.69) is 27.8 Å². The fourth-order valence-corrected chi connectivity index (χ4v) is 2.75. The molecule has 1 saturated heterocycles. The molecule has 2 aromatic rings. The van der Waals surface area contributed by atoms with Crippen LogP contribution in [0.25, 0.3) is 11.0 Å². The van der Waals surface area contributed by atoms with Crippen molar-refractivity contribution in [2.45, 2.75) is 32.1 Å². The molecule has 2 heterocycles. The topological polar surface area (TPSA) is 51.0 Å². The summed E-state index contributed by atoms with van der Waals surface area (Å²) in [7, 11) is 0. The molecule has 1 fully saturated rings. The first-order chi connectivity index (χ1) is 8.92. The Kier molecular flexibility index (Phi) is 3.55. The van der Waals surface area contributed by atoms with Gasteiger partial charge in [0, 0.05) is 0 Å². The van der Waals surface area contributed by atoms with Gasteiger partial charge in [0.15, 0.2) is 0 Å². The molecule has 0 amide bonds. The number of aryl methyl sites for hydroxylation is 1. The summed E-state index contributed by atoms with van der Waals surface area (Å²) in [6.07, 6.45) is 6.42. The molecule has 4 nitrogen and oxygen atoms in total. The summed E-state index contributed by atoms with van der Waals surface area (Å²) < 4.78 is 4.71. The molecule has 0 bridgehead atoms. The maximum atomic E-state index is 4.71. The Morgan fingerprint density at radius 2 is 2.00 bits per heavy atom. The van der Waals surface area contributed by atoms with Crippen LogP contribution in [-0.2, 0) is 6.42 Å². The largest absolute Gasteiger partial charge is 0.317 e. The molecule has 1 N–H and O–H groups in total. The van der Waals surface area contributed by atoms with E-state index in [1.54, 1.807) is 0 Å². The van der Waals surface area contributed by atoms with Gasteiger partial charge in [0.25, 0.3) is 0 Å². The summed E-state index contributed by atoms with van der Waals surface area (Å²) in [4.78, 5) is 0. The van der Waals surface area contributed by atoms with Gasteiger partial charge in [0.1, 0.15) is 11.0 Å². The zero-order valence-electron chi connectivity index (χ0n) is 10.6. The molecule has 1 aromatic carbocycles. The lowest BCUT2D eigenvalue weighted by molar-refractivity contribution is 0.315. The van der Waals surface area contributed by atoms with E-state index in [1.807, 2.05) is 6.07 Å². The Morgan fingerprint density at radius 1 is 1.17 bits per heavy atom. The zero-order valence-corrected chi connectivity index (χ0v) is 10.6. The lowest BCUT2D eigenvalue weighted by Gasteiger charge is -2.22. The van der Waals surface area contributed by atoms with Crippen LogP contribution in [0.15, 0.2) is 22.8 Å². The van der Waals surface area contributed by atoms with Gasteiger partial charge in [-0.25, -0.2) is 4.63 Å². The average Bonchev–Trinajstić information content (AvgIpc) is 2.87. The van der Waals surface area contributed by atoms with Gasteiger partial charge in [-0.05, 0) is 72.7 Å². The van der Waals surface area contributed by atoms with Crippen LogP contribution < -0.4 is 5.32 Å².